The molecule has 2 rings (SSSR count). The van der Waals surface area contributed by atoms with Crippen molar-refractivity contribution in [1.29, 1.82) is 0 Å². The number of fused-ring (bicyclic) bond motifs is 1. The molecule has 0 atom stereocenters. The van der Waals surface area contributed by atoms with Crippen molar-refractivity contribution in [1.82, 2.24) is 0 Å². The second-order valence-electron chi connectivity index (χ2n) is 5.42. The van der Waals surface area contributed by atoms with Crippen molar-refractivity contribution in [2.24, 2.45) is 0 Å². The molecule has 0 aliphatic heterocycles. The average Bonchev–Trinajstić information content (AvgIpc) is 2.50. The number of rotatable bonds is 8. The van der Waals surface area contributed by atoms with E-state index in [0.717, 1.165) is 35.7 Å². The lowest BCUT2D eigenvalue weighted by Gasteiger charge is -2.06. The van der Waals surface area contributed by atoms with Gasteiger partial charge in [-0.2, -0.15) is 0 Å². The first kappa shape index (κ1) is 16.0. The fraction of sp³-hybridized carbons (Fsp3) is 0.333. The minimum Gasteiger partial charge on any atom is -0.481 e. The normalized spacial score (nSPS) is 10.5. The number of unbranched alkanes of at least 4 members (excludes halogenated alkanes) is 3. The predicted molar refractivity (Wildman–Crippen MR) is 87.9 cm³/mol. The van der Waals surface area contributed by atoms with Crippen LogP contribution in [0.25, 0.3) is 10.8 Å². The van der Waals surface area contributed by atoms with Crippen molar-refractivity contribution in [2.75, 3.05) is 5.32 Å². The third-order valence-electron chi connectivity index (χ3n) is 3.58. The van der Waals surface area contributed by atoms with Gasteiger partial charge in [0.05, 0.1) is 0 Å². The summed E-state index contributed by atoms with van der Waals surface area (Å²) in [4.78, 5) is 22.3. The maximum Gasteiger partial charge on any atom is 0.303 e. The summed E-state index contributed by atoms with van der Waals surface area (Å²) < 4.78 is 0. The summed E-state index contributed by atoms with van der Waals surface area (Å²) in [5.41, 5.74) is 0.814. The van der Waals surface area contributed by atoms with Crippen LogP contribution in [0.15, 0.2) is 42.5 Å². The summed E-state index contributed by atoms with van der Waals surface area (Å²) in [6.07, 6.45) is 3.90. The van der Waals surface area contributed by atoms with Gasteiger partial charge in [-0.25, -0.2) is 0 Å². The van der Waals surface area contributed by atoms with Crippen molar-refractivity contribution in [3.05, 3.63) is 42.5 Å². The van der Waals surface area contributed by atoms with Crippen molar-refractivity contribution < 1.29 is 14.7 Å². The zero-order chi connectivity index (χ0) is 15.8. The van der Waals surface area contributed by atoms with Crippen molar-refractivity contribution in [3.8, 4) is 0 Å². The average molecular weight is 299 g/mol. The van der Waals surface area contributed by atoms with Gasteiger partial charge in [-0.3, -0.25) is 9.59 Å². The van der Waals surface area contributed by atoms with E-state index in [2.05, 4.69) is 5.32 Å². The van der Waals surface area contributed by atoms with Gasteiger partial charge in [0.15, 0.2) is 0 Å². The molecule has 0 fully saturated rings. The molecule has 0 aromatic heterocycles. The number of benzene rings is 2. The van der Waals surface area contributed by atoms with Gasteiger partial charge in [-0.05, 0) is 35.7 Å². The molecule has 4 nitrogen and oxygen atoms in total. The van der Waals surface area contributed by atoms with E-state index in [1.807, 2.05) is 42.5 Å². The molecule has 116 valence electrons. The van der Waals surface area contributed by atoms with E-state index in [4.69, 9.17) is 5.11 Å². The standard InChI is InChI=1S/C18H21NO3/c20-17(9-3-1-2-4-10-18(21)22)19-16-12-11-14-7-5-6-8-15(14)13-16/h5-8,11-13H,1-4,9-10H2,(H,19,20)(H,21,22). The number of carboxylic acid groups (broad SMARTS) is 1. The highest BCUT2D eigenvalue weighted by Crippen LogP contribution is 2.19. The summed E-state index contributed by atoms with van der Waals surface area (Å²) in [5.74, 6) is -0.748. The van der Waals surface area contributed by atoms with Gasteiger partial charge in [-0.15, -0.1) is 0 Å². The SMILES string of the molecule is O=C(O)CCCCCCC(=O)Nc1ccc2ccccc2c1. The highest BCUT2D eigenvalue weighted by atomic mass is 16.4. The Morgan fingerprint density at radius 2 is 1.55 bits per heavy atom. The molecule has 1 amide bonds. The fourth-order valence-corrected chi connectivity index (χ4v) is 2.41. The van der Waals surface area contributed by atoms with Gasteiger partial charge in [0.1, 0.15) is 0 Å². The van der Waals surface area contributed by atoms with Crippen molar-refractivity contribution in [3.63, 3.8) is 0 Å². The molecule has 0 bridgehead atoms. The van der Waals surface area contributed by atoms with E-state index in [-0.39, 0.29) is 12.3 Å². The molecule has 0 aliphatic carbocycles. The second-order valence-corrected chi connectivity index (χ2v) is 5.42. The molecular weight excluding hydrogens is 278 g/mol. The molecule has 2 aromatic carbocycles. The Balaban J connectivity index is 1.73. The lowest BCUT2D eigenvalue weighted by atomic mass is 10.1. The Morgan fingerprint density at radius 3 is 2.27 bits per heavy atom. The summed E-state index contributed by atoms with van der Waals surface area (Å²) in [6, 6.07) is 13.9. The van der Waals surface area contributed by atoms with Crippen LogP contribution in [-0.2, 0) is 9.59 Å². The minimum absolute atomic E-state index is 0.00788. The van der Waals surface area contributed by atoms with Crippen LogP contribution < -0.4 is 5.32 Å². The predicted octanol–water partition coefficient (Wildman–Crippen LogP) is 4.20. The molecule has 0 unspecified atom stereocenters. The van der Waals surface area contributed by atoms with E-state index in [1.54, 1.807) is 0 Å². The van der Waals surface area contributed by atoms with Crippen LogP contribution >= 0.6 is 0 Å². The van der Waals surface area contributed by atoms with Crippen LogP contribution in [0.5, 0.6) is 0 Å². The van der Waals surface area contributed by atoms with E-state index < -0.39 is 5.97 Å². The van der Waals surface area contributed by atoms with E-state index in [0.29, 0.717) is 12.8 Å². The Hall–Kier alpha value is -2.36. The van der Waals surface area contributed by atoms with Crippen LogP contribution in [0.1, 0.15) is 38.5 Å². The summed E-state index contributed by atoms with van der Waals surface area (Å²) in [7, 11) is 0. The molecule has 0 aliphatic rings. The molecule has 0 saturated heterocycles. The Labute approximate surface area is 130 Å². The number of hydrogen-bond donors (Lipinski definition) is 2. The maximum absolute atomic E-state index is 11.9. The first-order valence-electron chi connectivity index (χ1n) is 7.65. The second kappa shape index (κ2) is 8.17. The molecule has 2 aromatic rings. The van der Waals surface area contributed by atoms with Gasteiger partial charge >= 0.3 is 5.97 Å². The molecule has 0 saturated carbocycles. The Kier molecular flexibility index (Phi) is 5.95. The van der Waals surface area contributed by atoms with Gasteiger partial charge in [0, 0.05) is 18.5 Å². The molecule has 4 heteroatoms. The third-order valence-corrected chi connectivity index (χ3v) is 3.58. The van der Waals surface area contributed by atoms with Crippen molar-refractivity contribution >= 4 is 28.3 Å². The third kappa shape index (κ3) is 5.20. The van der Waals surface area contributed by atoms with Gasteiger partial charge < -0.3 is 10.4 Å². The Bertz CT molecular complexity index is 652. The van der Waals surface area contributed by atoms with Gasteiger partial charge in [0.2, 0.25) is 5.91 Å². The van der Waals surface area contributed by atoms with Gasteiger partial charge in [0.25, 0.3) is 0 Å². The minimum atomic E-state index is -0.756. The van der Waals surface area contributed by atoms with Crippen LogP contribution in [0.4, 0.5) is 5.69 Å². The summed E-state index contributed by atoms with van der Waals surface area (Å²) in [6.45, 7) is 0. The van der Waals surface area contributed by atoms with Crippen LogP contribution in [0, 0.1) is 0 Å². The molecular formula is C18H21NO3. The number of aliphatic carboxylic acids is 1. The van der Waals surface area contributed by atoms with Crippen LogP contribution in [-0.4, -0.2) is 17.0 Å². The van der Waals surface area contributed by atoms with Crippen LogP contribution in [0.2, 0.25) is 0 Å². The quantitative estimate of drug-likeness (QED) is 0.718. The van der Waals surface area contributed by atoms with E-state index in [9.17, 15) is 9.59 Å². The molecule has 2 N–H and O–H groups in total. The highest BCUT2D eigenvalue weighted by molar-refractivity contribution is 5.94. The zero-order valence-electron chi connectivity index (χ0n) is 12.5. The van der Waals surface area contributed by atoms with E-state index in [1.165, 1.54) is 0 Å². The largest absolute Gasteiger partial charge is 0.481 e. The topological polar surface area (TPSA) is 66.4 Å². The number of carbonyl (C=O) groups excluding carboxylic acids is 1. The highest BCUT2D eigenvalue weighted by Gasteiger charge is 2.03. The molecule has 0 heterocycles. The molecule has 22 heavy (non-hydrogen) atoms. The Morgan fingerprint density at radius 1 is 0.864 bits per heavy atom. The smallest absolute Gasteiger partial charge is 0.303 e. The number of carbonyl (C=O) groups is 2. The first-order valence-corrected chi connectivity index (χ1v) is 7.65. The summed E-state index contributed by atoms with van der Waals surface area (Å²) >= 11 is 0. The van der Waals surface area contributed by atoms with Crippen LogP contribution in [0.3, 0.4) is 0 Å². The molecule has 0 spiro atoms. The zero-order valence-corrected chi connectivity index (χ0v) is 12.5. The lowest BCUT2D eigenvalue weighted by Crippen LogP contribution is -2.10. The number of hydrogen-bond acceptors (Lipinski definition) is 2. The monoisotopic (exact) mass is 299 g/mol. The van der Waals surface area contributed by atoms with Gasteiger partial charge in [-0.1, -0.05) is 43.2 Å². The van der Waals surface area contributed by atoms with E-state index >= 15 is 0 Å². The maximum atomic E-state index is 11.9. The number of anilines is 1. The van der Waals surface area contributed by atoms with Crippen molar-refractivity contribution in [2.45, 2.75) is 38.5 Å². The molecule has 0 radical (unpaired) electrons. The summed E-state index contributed by atoms with van der Waals surface area (Å²) in [5, 5.41) is 13.7. The number of nitrogens with one attached hydrogen (secondary N) is 1. The first-order chi connectivity index (χ1) is 10.6. The number of carboxylic acids is 1. The number of amides is 1. The fourth-order valence-electron chi connectivity index (χ4n) is 2.41. The lowest BCUT2D eigenvalue weighted by molar-refractivity contribution is -0.137.